The third-order valence-electron chi connectivity index (χ3n) is 4.27. The molecule has 2 atom stereocenters. The lowest BCUT2D eigenvalue weighted by atomic mass is 10.0. The van der Waals surface area contributed by atoms with Gasteiger partial charge in [0.1, 0.15) is 0 Å². The van der Waals surface area contributed by atoms with E-state index in [0.29, 0.717) is 5.92 Å². The Morgan fingerprint density at radius 3 is 2.87 bits per heavy atom. The SMILES string of the molecule is CNC[C@@H]1CCN(C(=O)C[C@@H](NC(N)=O)c2cccc(C)c2)C1. The molecule has 1 aliphatic heterocycles. The monoisotopic (exact) mass is 318 g/mol. The van der Waals surface area contributed by atoms with Crippen LogP contribution in [0.3, 0.4) is 0 Å². The van der Waals surface area contributed by atoms with E-state index in [1.165, 1.54) is 0 Å². The average Bonchev–Trinajstić information content (AvgIpc) is 2.95. The quantitative estimate of drug-likeness (QED) is 0.735. The van der Waals surface area contributed by atoms with Crippen molar-refractivity contribution in [1.82, 2.24) is 15.5 Å². The van der Waals surface area contributed by atoms with Crippen molar-refractivity contribution >= 4 is 11.9 Å². The number of urea groups is 1. The van der Waals surface area contributed by atoms with Crippen molar-refractivity contribution in [1.29, 1.82) is 0 Å². The minimum atomic E-state index is -0.612. The molecule has 1 saturated heterocycles. The summed E-state index contributed by atoms with van der Waals surface area (Å²) in [5.74, 6) is 0.564. The Morgan fingerprint density at radius 2 is 2.22 bits per heavy atom. The molecule has 0 saturated carbocycles. The standard InChI is InChI=1S/C17H26N4O2/c1-12-4-3-5-14(8-12)15(20-17(18)23)9-16(22)21-7-6-13(11-21)10-19-2/h3-5,8,13,15,19H,6-7,9-11H2,1-2H3,(H3,18,20,23)/t13-,15+/m0/s1. The van der Waals surface area contributed by atoms with Gasteiger partial charge in [-0.1, -0.05) is 29.8 Å². The summed E-state index contributed by atoms with van der Waals surface area (Å²) in [6.45, 7) is 4.46. The molecule has 2 rings (SSSR count). The highest BCUT2D eigenvalue weighted by molar-refractivity contribution is 5.79. The van der Waals surface area contributed by atoms with Gasteiger partial charge in [0.25, 0.3) is 0 Å². The summed E-state index contributed by atoms with van der Waals surface area (Å²) in [7, 11) is 1.93. The van der Waals surface area contributed by atoms with Crippen molar-refractivity contribution in [3.63, 3.8) is 0 Å². The van der Waals surface area contributed by atoms with E-state index in [1.54, 1.807) is 0 Å². The van der Waals surface area contributed by atoms with Crippen LogP contribution in [0.25, 0.3) is 0 Å². The van der Waals surface area contributed by atoms with Crippen LogP contribution >= 0.6 is 0 Å². The van der Waals surface area contributed by atoms with Crippen molar-refractivity contribution in [2.75, 3.05) is 26.7 Å². The number of nitrogens with zero attached hydrogens (tertiary/aromatic N) is 1. The first-order valence-corrected chi connectivity index (χ1v) is 8.04. The van der Waals surface area contributed by atoms with Crippen LogP contribution in [0.15, 0.2) is 24.3 Å². The van der Waals surface area contributed by atoms with Crippen molar-refractivity contribution in [3.8, 4) is 0 Å². The molecule has 1 fully saturated rings. The number of carbonyl (C=O) groups is 2. The molecule has 0 radical (unpaired) electrons. The molecule has 0 aliphatic carbocycles. The number of nitrogens with one attached hydrogen (secondary N) is 2. The summed E-state index contributed by atoms with van der Waals surface area (Å²) >= 11 is 0. The molecule has 3 amide bonds. The number of nitrogens with two attached hydrogens (primary N) is 1. The first kappa shape index (κ1) is 17.3. The van der Waals surface area contributed by atoms with Gasteiger partial charge in [-0.15, -0.1) is 0 Å². The van der Waals surface area contributed by atoms with E-state index in [1.807, 2.05) is 43.1 Å². The second kappa shape index (κ2) is 7.97. The Balaban J connectivity index is 2.03. The molecule has 0 aromatic heterocycles. The Labute approximate surface area is 137 Å². The number of primary amides is 1. The van der Waals surface area contributed by atoms with E-state index in [0.717, 1.165) is 37.2 Å². The molecule has 0 spiro atoms. The number of amides is 3. The Kier molecular flexibility index (Phi) is 5.98. The van der Waals surface area contributed by atoms with Crippen molar-refractivity contribution in [2.24, 2.45) is 11.7 Å². The van der Waals surface area contributed by atoms with Crippen LogP contribution in [0.2, 0.25) is 0 Å². The van der Waals surface area contributed by atoms with Crippen molar-refractivity contribution in [2.45, 2.75) is 25.8 Å². The number of aryl methyl sites for hydroxylation is 1. The first-order chi connectivity index (χ1) is 11.0. The van der Waals surface area contributed by atoms with Crippen LogP contribution in [0.1, 0.15) is 30.0 Å². The van der Waals surface area contributed by atoms with E-state index in [-0.39, 0.29) is 18.4 Å². The summed E-state index contributed by atoms with van der Waals surface area (Å²) in [5, 5.41) is 5.85. The molecule has 1 aromatic rings. The maximum absolute atomic E-state index is 12.6. The number of carbonyl (C=O) groups excluding carboxylic acids is 2. The third-order valence-corrected chi connectivity index (χ3v) is 4.27. The Hall–Kier alpha value is -2.08. The van der Waals surface area contributed by atoms with Gasteiger partial charge >= 0.3 is 6.03 Å². The number of rotatable bonds is 6. The zero-order valence-corrected chi connectivity index (χ0v) is 13.8. The van der Waals surface area contributed by atoms with Gasteiger partial charge < -0.3 is 21.3 Å². The number of likely N-dealkylation sites (tertiary alicyclic amines) is 1. The van der Waals surface area contributed by atoms with Gasteiger partial charge in [0.2, 0.25) is 5.91 Å². The maximum atomic E-state index is 12.6. The Bertz CT molecular complexity index is 561. The van der Waals surface area contributed by atoms with Crippen molar-refractivity contribution in [3.05, 3.63) is 35.4 Å². The van der Waals surface area contributed by atoms with E-state index in [2.05, 4.69) is 10.6 Å². The van der Waals surface area contributed by atoms with Crippen molar-refractivity contribution < 1.29 is 9.59 Å². The van der Waals surface area contributed by atoms with Gasteiger partial charge in [-0.25, -0.2) is 4.79 Å². The lowest BCUT2D eigenvalue weighted by Gasteiger charge is -2.22. The van der Waals surface area contributed by atoms with Crippen LogP contribution < -0.4 is 16.4 Å². The van der Waals surface area contributed by atoms with Crippen LogP contribution in [0.5, 0.6) is 0 Å². The van der Waals surface area contributed by atoms with Gasteiger partial charge in [0.05, 0.1) is 12.5 Å². The summed E-state index contributed by atoms with van der Waals surface area (Å²) in [6, 6.07) is 6.79. The fourth-order valence-corrected chi connectivity index (χ4v) is 3.13. The highest BCUT2D eigenvalue weighted by Gasteiger charge is 2.28. The number of hydrogen-bond acceptors (Lipinski definition) is 3. The lowest BCUT2D eigenvalue weighted by Crippen LogP contribution is -2.38. The summed E-state index contributed by atoms with van der Waals surface area (Å²) in [4.78, 5) is 25.7. The lowest BCUT2D eigenvalue weighted by molar-refractivity contribution is -0.130. The smallest absolute Gasteiger partial charge is 0.312 e. The maximum Gasteiger partial charge on any atom is 0.312 e. The van der Waals surface area contributed by atoms with Gasteiger partial charge in [-0.3, -0.25) is 4.79 Å². The summed E-state index contributed by atoms with van der Waals surface area (Å²) < 4.78 is 0. The molecule has 1 aliphatic rings. The molecule has 4 N–H and O–H groups in total. The van der Waals surface area contributed by atoms with Crippen LogP contribution in [-0.2, 0) is 4.79 Å². The fourth-order valence-electron chi connectivity index (χ4n) is 3.13. The highest BCUT2D eigenvalue weighted by Crippen LogP contribution is 2.22. The normalized spacial score (nSPS) is 18.7. The second-order valence-corrected chi connectivity index (χ2v) is 6.23. The van der Waals surface area contributed by atoms with Gasteiger partial charge in [-0.05, 0) is 38.4 Å². The van der Waals surface area contributed by atoms with Gasteiger partial charge in [0.15, 0.2) is 0 Å². The third kappa shape index (κ3) is 4.96. The predicted molar refractivity (Wildman–Crippen MR) is 89.9 cm³/mol. The molecule has 1 heterocycles. The predicted octanol–water partition coefficient (Wildman–Crippen LogP) is 1.16. The molecule has 0 bridgehead atoms. The minimum absolute atomic E-state index is 0.0591. The molecule has 6 nitrogen and oxygen atoms in total. The second-order valence-electron chi connectivity index (χ2n) is 6.23. The van der Waals surface area contributed by atoms with E-state index in [4.69, 9.17) is 5.73 Å². The van der Waals surface area contributed by atoms with E-state index < -0.39 is 6.03 Å². The largest absolute Gasteiger partial charge is 0.352 e. The summed E-state index contributed by atoms with van der Waals surface area (Å²) in [6.07, 6.45) is 1.25. The zero-order valence-electron chi connectivity index (χ0n) is 13.8. The molecule has 126 valence electrons. The summed E-state index contributed by atoms with van der Waals surface area (Å²) in [5.41, 5.74) is 7.27. The van der Waals surface area contributed by atoms with Crippen LogP contribution in [0, 0.1) is 12.8 Å². The van der Waals surface area contributed by atoms with Gasteiger partial charge in [-0.2, -0.15) is 0 Å². The minimum Gasteiger partial charge on any atom is -0.352 e. The highest BCUT2D eigenvalue weighted by atomic mass is 16.2. The van der Waals surface area contributed by atoms with Gasteiger partial charge in [0, 0.05) is 13.1 Å². The van der Waals surface area contributed by atoms with E-state index in [9.17, 15) is 9.59 Å². The first-order valence-electron chi connectivity index (χ1n) is 8.04. The molecular formula is C17H26N4O2. The molecule has 6 heteroatoms. The zero-order chi connectivity index (χ0) is 16.8. The number of benzene rings is 1. The Morgan fingerprint density at radius 1 is 1.43 bits per heavy atom. The molecule has 0 unspecified atom stereocenters. The topological polar surface area (TPSA) is 87.5 Å². The molecule has 1 aromatic carbocycles. The number of hydrogen-bond donors (Lipinski definition) is 3. The van der Waals surface area contributed by atoms with Crippen LogP contribution in [0.4, 0.5) is 4.79 Å². The fraction of sp³-hybridized carbons (Fsp3) is 0.529. The average molecular weight is 318 g/mol. The van der Waals surface area contributed by atoms with E-state index >= 15 is 0 Å². The molecular weight excluding hydrogens is 292 g/mol. The molecule has 23 heavy (non-hydrogen) atoms. The van der Waals surface area contributed by atoms with Crippen LogP contribution in [-0.4, -0.2) is 43.5 Å².